The molecule has 2 rings (SSSR count). The van der Waals surface area contributed by atoms with Gasteiger partial charge in [0.05, 0.1) is 16.1 Å². The fourth-order valence-electron chi connectivity index (χ4n) is 1.76. The summed E-state index contributed by atoms with van der Waals surface area (Å²) in [7, 11) is -3.71. The molecule has 0 unspecified atom stereocenters. The van der Waals surface area contributed by atoms with Crippen LogP contribution in [0.5, 0.6) is 0 Å². The van der Waals surface area contributed by atoms with Gasteiger partial charge in [-0.2, -0.15) is 5.26 Å². The molecule has 7 heteroatoms. The van der Waals surface area contributed by atoms with Gasteiger partial charge < -0.3 is 5.32 Å². The summed E-state index contributed by atoms with van der Waals surface area (Å²) in [5.41, 5.74) is 1.51. The van der Waals surface area contributed by atoms with Gasteiger partial charge in [0.25, 0.3) is 0 Å². The number of rotatable bonds is 4. The van der Waals surface area contributed by atoms with E-state index >= 15 is 0 Å². The van der Waals surface area contributed by atoms with Crippen molar-refractivity contribution in [3.8, 4) is 6.07 Å². The second kappa shape index (κ2) is 5.91. The van der Waals surface area contributed by atoms with Crippen LogP contribution < -0.4 is 10.5 Å². The number of halogens is 1. The molecule has 21 heavy (non-hydrogen) atoms. The third-order valence-corrected chi connectivity index (χ3v) is 3.77. The van der Waals surface area contributed by atoms with Gasteiger partial charge in [0.2, 0.25) is 10.0 Å². The quantitative estimate of drug-likeness (QED) is 0.902. The maximum absolute atomic E-state index is 13.0. The predicted octanol–water partition coefficient (Wildman–Crippen LogP) is 1.96. The lowest BCUT2D eigenvalue weighted by Crippen LogP contribution is -2.12. The van der Waals surface area contributed by atoms with Crippen molar-refractivity contribution < 1.29 is 12.8 Å². The second-order valence-corrected chi connectivity index (χ2v) is 5.91. The molecule has 3 N–H and O–H groups in total. The first kappa shape index (κ1) is 15.0. The van der Waals surface area contributed by atoms with Gasteiger partial charge in [-0.3, -0.25) is 0 Å². The molecule has 2 aromatic rings. The van der Waals surface area contributed by atoms with Crippen LogP contribution in [-0.2, 0) is 16.6 Å². The third kappa shape index (κ3) is 3.78. The van der Waals surface area contributed by atoms with Crippen LogP contribution in [0.2, 0.25) is 0 Å². The maximum atomic E-state index is 13.0. The van der Waals surface area contributed by atoms with E-state index in [9.17, 15) is 12.8 Å². The molecule has 0 heterocycles. The van der Waals surface area contributed by atoms with Crippen LogP contribution in [0.1, 0.15) is 11.1 Å². The van der Waals surface area contributed by atoms with E-state index < -0.39 is 15.8 Å². The van der Waals surface area contributed by atoms with Gasteiger partial charge in [-0.15, -0.1) is 0 Å². The first-order valence-electron chi connectivity index (χ1n) is 5.95. The third-order valence-electron chi connectivity index (χ3n) is 2.84. The van der Waals surface area contributed by atoms with Crippen LogP contribution >= 0.6 is 0 Å². The van der Waals surface area contributed by atoms with Crippen LogP contribution in [-0.4, -0.2) is 8.42 Å². The highest BCUT2D eigenvalue weighted by Crippen LogP contribution is 2.17. The molecule has 0 amide bonds. The lowest BCUT2D eigenvalue weighted by atomic mass is 10.1. The molecular weight excluding hydrogens is 293 g/mol. The van der Waals surface area contributed by atoms with Crippen molar-refractivity contribution >= 4 is 15.7 Å². The molecule has 108 valence electrons. The van der Waals surface area contributed by atoms with E-state index in [1.54, 1.807) is 12.1 Å². The van der Waals surface area contributed by atoms with Crippen molar-refractivity contribution in [2.45, 2.75) is 11.4 Å². The Labute approximate surface area is 121 Å². The van der Waals surface area contributed by atoms with Crippen molar-refractivity contribution in [1.82, 2.24) is 0 Å². The largest absolute Gasteiger partial charge is 0.380 e. The highest BCUT2D eigenvalue weighted by Gasteiger charge is 2.07. The first-order valence-corrected chi connectivity index (χ1v) is 7.50. The highest BCUT2D eigenvalue weighted by molar-refractivity contribution is 7.89. The molecular formula is C14H12FN3O2S. The Bertz CT molecular complexity index is 796. The molecule has 2 aromatic carbocycles. The summed E-state index contributed by atoms with van der Waals surface area (Å²) in [6.07, 6.45) is 0. The van der Waals surface area contributed by atoms with E-state index in [1.807, 2.05) is 6.07 Å². The zero-order valence-electron chi connectivity index (χ0n) is 10.9. The Kier molecular flexibility index (Phi) is 4.21. The van der Waals surface area contributed by atoms with Crippen molar-refractivity contribution in [2.75, 3.05) is 5.32 Å². The summed E-state index contributed by atoms with van der Waals surface area (Å²) >= 11 is 0. The van der Waals surface area contributed by atoms with Crippen LogP contribution in [0, 0.1) is 17.1 Å². The minimum absolute atomic E-state index is 0.0331. The molecule has 0 bridgehead atoms. The lowest BCUT2D eigenvalue weighted by Gasteiger charge is -2.08. The molecule has 0 fully saturated rings. The lowest BCUT2D eigenvalue weighted by molar-refractivity contribution is 0.598. The Morgan fingerprint density at radius 2 is 1.86 bits per heavy atom. The van der Waals surface area contributed by atoms with Crippen LogP contribution in [0.4, 0.5) is 10.1 Å². The van der Waals surface area contributed by atoms with Crippen LogP contribution in [0.3, 0.4) is 0 Å². The number of hydrogen-bond acceptors (Lipinski definition) is 4. The zero-order valence-corrected chi connectivity index (χ0v) is 11.7. The van der Waals surface area contributed by atoms with Crippen molar-refractivity contribution in [1.29, 1.82) is 5.26 Å². The van der Waals surface area contributed by atoms with E-state index in [4.69, 9.17) is 10.4 Å². The van der Waals surface area contributed by atoms with E-state index in [2.05, 4.69) is 5.32 Å². The Balaban J connectivity index is 2.12. The monoisotopic (exact) mass is 305 g/mol. The van der Waals surface area contributed by atoms with Crippen molar-refractivity contribution in [3.63, 3.8) is 0 Å². The minimum atomic E-state index is -3.71. The number of nitrogens with two attached hydrogens (primary N) is 1. The standard InChI is InChI=1S/C14H12FN3O2S/c15-12-3-6-14(11(7-12)8-16)18-9-10-1-4-13(5-2-10)21(17,19)20/h1-7,18H,9H2,(H2,17,19,20). The summed E-state index contributed by atoms with van der Waals surface area (Å²) in [5, 5.41) is 16.9. The molecule has 0 aliphatic heterocycles. The van der Waals surface area contributed by atoms with Crippen molar-refractivity contribution in [2.24, 2.45) is 5.14 Å². The number of nitrogens with zero attached hydrogens (tertiary/aromatic N) is 1. The summed E-state index contributed by atoms with van der Waals surface area (Å²) < 4.78 is 35.3. The number of nitriles is 1. The van der Waals surface area contributed by atoms with Crippen LogP contribution in [0.15, 0.2) is 47.4 Å². The fourth-order valence-corrected chi connectivity index (χ4v) is 2.27. The average molecular weight is 305 g/mol. The van der Waals surface area contributed by atoms with Gasteiger partial charge >= 0.3 is 0 Å². The van der Waals surface area contributed by atoms with Crippen LogP contribution in [0.25, 0.3) is 0 Å². The molecule has 5 nitrogen and oxygen atoms in total. The van der Waals surface area contributed by atoms with Crippen molar-refractivity contribution in [3.05, 3.63) is 59.4 Å². The highest BCUT2D eigenvalue weighted by atomic mass is 32.2. The molecule has 0 spiro atoms. The molecule has 0 saturated carbocycles. The number of sulfonamides is 1. The Hall–Kier alpha value is -2.43. The molecule has 0 atom stereocenters. The number of nitrogens with one attached hydrogen (secondary N) is 1. The van der Waals surface area contributed by atoms with E-state index in [1.165, 1.54) is 24.3 Å². The summed E-state index contributed by atoms with van der Waals surface area (Å²) in [5.74, 6) is -0.477. The van der Waals surface area contributed by atoms with Gasteiger partial charge in [0, 0.05) is 6.54 Å². The predicted molar refractivity (Wildman–Crippen MR) is 76.3 cm³/mol. The van der Waals surface area contributed by atoms with Gasteiger partial charge in [-0.1, -0.05) is 12.1 Å². The topological polar surface area (TPSA) is 96.0 Å². The van der Waals surface area contributed by atoms with Gasteiger partial charge in [0.15, 0.2) is 0 Å². The number of primary sulfonamides is 1. The molecule has 0 saturated heterocycles. The summed E-state index contributed by atoms with van der Waals surface area (Å²) in [4.78, 5) is 0.0331. The van der Waals surface area contributed by atoms with Gasteiger partial charge in [-0.25, -0.2) is 17.9 Å². The smallest absolute Gasteiger partial charge is 0.238 e. The van der Waals surface area contributed by atoms with Gasteiger partial charge in [-0.05, 0) is 35.9 Å². The molecule has 0 aliphatic rings. The normalized spacial score (nSPS) is 10.9. The zero-order chi connectivity index (χ0) is 15.5. The van der Waals surface area contributed by atoms with E-state index in [0.29, 0.717) is 12.2 Å². The number of benzene rings is 2. The molecule has 0 aliphatic carbocycles. The number of hydrogen-bond donors (Lipinski definition) is 2. The Morgan fingerprint density at radius 1 is 1.19 bits per heavy atom. The summed E-state index contributed by atoms with van der Waals surface area (Å²) in [6.45, 7) is 0.366. The first-order chi connectivity index (χ1) is 9.90. The molecule has 0 radical (unpaired) electrons. The minimum Gasteiger partial charge on any atom is -0.380 e. The fraction of sp³-hybridized carbons (Fsp3) is 0.0714. The average Bonchev–Trinajstić information content (AvgIpc) is 2.45. The van der Waals surface area contributed by atoms with E-state index in [0.717, 1.165) is 11.6 Å². The van der Waals surface area contributed by atoms with Gasteiger partial charge in [0.1, 0.15) is 11.9 Å². The SMILES string of the molecule is N#Cc1cc(F)ccc1NCc1ccc(S(N)(=O)=O)cc1. The number of anilines is 1. The molecule has 0 aromatic heterocycles. The summed E-state index contributed by atoms with van der Waals surface area (Å²) in [6, 6.07) is 11.8. The van der Waals surface area contributed by atoms with E-state index in [-0.39, 0.29) is 10.5 Å². The Morgan fingerprint density at radius 3 is 2.43 bits per heavy atom. The second-order valence-electron chi connectivity index (χ2n) is 4.34. The maximum Gasteiger partial charge on any atom is 0.238 e.